The molecule has 5 nitrogen and oxygen atoms in total. The van der Waals surface area contributed by atoms with Gasteiger partial charge >= 0.3 is 0 Å². The molecular formula is C17H15N3O2. The number of rotatable bonds is 3. The molecule has 0 amide bonds. The van der Waals surface area contributed by atoms with Crippen LogP contribution < -0.4 is 11.0 Å². The van der Waals surface area contributed by atoms with Crippen LogP contribution in [0.25, 0.3) is 10.9 Å². The Balaban J connectivity index is 2.02. The van der Waals surface area contributed by atoms with E-state index >= 15 is 0 Å². The molecule has 0 fully saturated rings. The SMILES string of the molecule is Cn1c(=O)c(/C=N/Nc2ccccc2)c(O)c2ccccc21. The Morgan fingerprint density at radius 1 is 1.09 bits per heavy atom. The summed E-state index contributed by atoms with van der Waals surface area (Å²) in [5.41, 5.74) is 4.17. The summed E-state index contributed by atoms with van der Waals surface area (Å²) in [6.07, 6.45) is 1.34. The quantitative estimate of drug-likeness (QED) is 0.576. The van der Waals surface area contributed by atoms with Crippen molar-refractivity contribution in [2.24, 2.45) is 12.1 Å². The molecule has 2 N–H and O–H groups in total. The molecule has 110 valence electrons. The first-order valence-electron chi connectivity index (χ1n) is 6.83. The maximum Gasteiger partial charge on any atom is 0.263 e. The fraction of sp³-hybridized carbons (Fsp3) is 0.0588. The minimum Gasteiger partial charge on any atom is -0.506 e. The van der Waals surface area contributed by atoms with Crippen LogP contribution in [0, 0.1) is 0 Å². The lowest BCUT2D eigenvalue weighted by molar-refractivity contribution is 0.478. The van der Waals surface area contributed by atoms with Crippen molar-refractivity contribution in [2.45, 2.75) is 0 Å². The van der Waals surface area contributed by atoms with Gasteiger partial charge in [0, 0.05) is 12.4 Å². The third-order valence-corrected chi connectivity index (χ3v) is 3.47. The van der Waals surface area contributed by atoms with Crippen molar-refractivity contribution in [2.75, 3.05) is 5.43 Å². The summed E-state index contributed by atoms with van der Waals surface area (Å²) in [7, 11) is 1.67. The van der Waals surface area contributed by atoms with Gasteiger partial charge in [0.1, 0.15) is 11.3 Å². The zero-order valence-electron chi connectivity index (χ0n) is 12.0. The number of hydrogen-bond donors (Lipinski definition) is 2. The van der Waals surface area contributed by atoms with Crippen molar-refractivity contribution in [1.29, 1.82) is 0 Å². The van der Waals surface area contributed by atoms with Gasteiger partial charge in [-0.25, -0.2) is 0 Å². The predicted molar refractivity (Wildman–Crippen MR) is 88.5 cm³/mol. The molecule has 0 aliphatic rings. The number of hydrogen-bond acceptors (Lipinski definition) is 4. The molecule has 0 aliphatic heterocycles. The Bertz CT molecular complexity index is 899. The average molecular weight is 293 g/mol. The molecule has 0 aliphatic carbocycles. The Kier molecular flexibility index (Phi) is 3.62. The Morgan fingerprint density at radius 3 is 2.55 bits per heavy atom. The van der Waals surface area contributed by atoms with Crippen LogP contribution in [0.5, 0.6) is 5.75 Å². The monoisotopic (exact) mass is 293 g/mol. The minimum absolute atomic E-state index is 0.0580. The van der Waals surface area contributed by atoms with Gasteiger partial charge in [-0.2, -0.15) is 5.10 Å². The van der Waals surface area contributed by atoms with E-state index in [1.54, 1.807) is 19.2 Å². The normalized spacial score (nSPS) is 11.1. The highest BCUT2D eigenvalue weighted by atomic mass is 16.3. The molecule has 0 bridgehead atoms. The lowest BCUT2D eigenvalue weighted by Gasteiger charge is -2.09. The summed E-state index contributed by atoms with van der Waals surface area (Å²) >= 11 is 0. The molecule has 0 saturated heterocycles. The fourth-order valence-corrected chi connectivity index (χ4v) is 2.30. The number of pyridine rings is 1. The van der Waals surface area contributed by atoms with Crippen molar-refractivity contribution in [1.82, 2.24) is 4.57 Å². The van der Waals surface area contributed by atoms with Crippen LogP contribution in [0.15, 0.2) is 64.5 Å². The number of aryl methyl sites for hydroxylation is 1. The van der Waals surface area contributed by atoms with Crippen molar-refractivity contribution in [3.8, 4) is 5.75 Å². The second kappa shape index (κ2) is 5.73. The second-order valence-electron chi connectivity index (χ2n) is 4.88. The molecule has 0 saturated carbocycles. The summed E-state index contributed by atoms with van der Waals surface area (Å²) in [5.74, 6) is -0.0580. The standard InChI is InChI=1S/C17H15N3O2/c1-20-15-10-6-5-9-13(15)16(21)14(17(20)22)11-18-19-12-7-3-2-4-8-12/h2-11,19,21H,1H3/b18-11+. The van der Waals surface area contributed by atoms with Crippen LogP contribution in [0.3, 0.4) is 0 Å². The summed E-state index contributed by atoms with van der Waals surface area (Å²) < 4.78 is 1.50. The van der Waals surface area contributed by atoms with Gasteiger partial charge < -0.3 is 9.67 Å². The van der Waals surface area contributed by atoms with E-state index in [2.05, 4.69) is 10.5 Å². The smallest absolute Gasteiger partial charge is 0.263 e. The van der Waals surface area contributed by atoms with Crippen LogP contribution in [0.4, 0.5) is 5.69 Å². The first-order valence-corrected chi connectivity index (χ1v) is 6.83. The second-order valence-corrected chi connectivity index (χ2v) is 4.88. The number of anilines is 1. The highest BCUT2D eigenvalue weighted by Gasteiger charge is 2.12. The van der Waals surface area contributed by atoms with Crippen LogP contribution in [-0.2, 0) is 7.05 Å². The Labute approximate surface area is 127 Å². The first-order chi connectivity index (χ1) is 10.7. The number of nitrogens with one attached hydrogen (secondary N) is 1. The molecule has 1 aromatic heterocycles. The fourth-order valence-electron chi connectivity index (χ4n) is 2.30. The van der Waals surface area contributed by atoms with E-state index in [4.69, 9.17) is 0 Å². The van der Waals surface area contributed by atoms with Crippen molar-refractivity contribution in [3.63, 3.8) is 0 Å². The third kappa shape index (κ3) is 2.44. The molecule has 1 heterocycles. The number of fused-ring (bicyclic) bond motifs is 1. The lowest BCUT2D eigenvalue weighted by Crippen LogP contribution is -2.21. The number of benzene rings is 2. The molecule has 3 aromatic rings. The Hall–Kier alpha value is -3.08. The molecule has 2 aromatic carbocycles. The minimum atomic E-state index is -0.296. The zero-order chi connectivity index (χ0) is 15.5. The van der Waals surface area contributed by atoms with Gasteiger partial charge in [0.05, 0.1) is 17.4 Å². The highest BCUT2D eigenvalue weighted by Crippen LogP contribution is 2.24. The number of aromatic hydroxyl groups is 1. The molecule has 5 heteroatoms. The van der Waals surface area contributed by atoms with Crippen LogP contribution in [0.2, 0.25) is 0 Å². The van der Waals surface area contributed by atoms with E-state index in [-0.39, 0.29) is 16.9 Å². The summed E-state index contributed by atoms with van der Waals surface area (Å²) in [6.45, 7) is 0. The van der Waals surface area contributed by atoms with E-state index in [0.29, 0.717) is 10.9 Å². The molecule has 22 heavy (non-hydrogen) atoms. The van der Waals surface area contributed by atoms with E-state index in [1.165, 1.54) is 10.8 Å². The first kappa shape index (κ1) is 13.9. The van der Waals surface area contributed by atoms with Crippen molar-refractivity contribution < 1.29 is 5.11 Å². The van der Waals surface area contributed by atoms with Gasteiger partial charge in [-0.15, -0.1) is 0 Å². The summed E-state index contributed by atoms with van der Waals surface area (Å²) in [6, 6.07) is 16.6. The van der Waals surface area contributed by atoms with Gasteiger partial charge in [0.25, 0.3) is 5.56 Å². The maximum absolute atomic E-state index is 12.3. The zero-order valence-corrected chi connectivity index (χ0v) is 12.0. The topological polar surface area (TPSA) is 66.6 Å². The molecule has 0 spiro atoms. The lowest BCUT2D eigenvalue weighted by atomic mass is 10.1. The number of para-hydroxylation sites is 2. The van der Waals surface area contributed by atoms with Crippen molar-refractivity contribution >= 4 is 22.8 Å². The largest absolute Gasteiger partial charge is 0.506 e. The van der Waals surface area contributed by atoms with Gasteiger partial charge in [-0.3, -0.25) is 10.2 Å². The highest BCUT2D eigenvalue weighted by molar-refractivity contribution is 5.95. The van der Waals surface area contributed by atoms with Crippen molar-refractivity contribution in [3.05, 3.63) is 70.5 Å². The van der Waals surface area contributed by atoms with E-state index in [9.17, 15) is 9.90 Å². The van der Waals surface area contributed by atoms with Crippen LogP contribution >= 0.6 is 0 Å². The molecule has 0 radical (unpaired) electrons. The summed E-state index contributed by atoms with van der Waals surface area (Å²) in [5, 5.41) is 15.0. The molecule has 0 atom stereocenters. The number of nitrogens with zero attached hydrogens (tertiary/aromatic N) is 2. The van der Waals surface area contributed by atoms with E-state index in [1.807, 2.05) is 42.5 Å². The predicted octanol–water partition coefficient (Wildman–Crippen LogP) is 2.69. The average Bonchev–Trinajstić information content (AvgIpc) is 2.57. The molecule has 3 rings (SSSR count). The molecular weight excluding hydrogens is 278 g/mol. The number of aromatic nitrogens is 1. The van der Waals surface area contributed by atoms with Gasteiger partial charge in [-0.05, 0) is 24.3 Å². The van der Waals surface area contributed by atoms with Crippen LogP contribution in [0.1, 0.15) is 5.56 Å². The number of hydrazone groups is 1. The van der Waals surface area contributed by atoms with E-state index in [0.717, 1.165) is 5.69 Å². The van der Waals surface area contributed by atoms with E-state index < -0.39 is 0 Å². The summed E-state index contributed by atoms with van der Waals surface area (Å²) in [4.78, 5) is 12.3. The molecule has 0 unspecified atom stereocenters. The third-order valence-electron chi connectivity index (χ3n) is 3.47. The maximum atomic E-state index is 12.3. The van der Waals surface area contributed by atoms with Gasteiger partial charge in [-0.1, -0.05) is 30.3 Å². The van der Waals surface area contributed by atoms with Crippen LogP contribution in [-0.4, -0.2) is 15.9 Å². The Morgan fingerprint density at radius 2 is 1.77 bits per heavy atom. The van der Waals surface area contributed by atoms with Gasteiger partial charge in [0.15, 0.2) is 0 Å². The van der Waals surface area contributed by atoms with Gasteiger partial charge in [0.2, 0.25) is 0 Å².